The second kappa shape index (κ2) is 17.3. The molecular weight excluding hydrogens is 630 g/mol. The summed E-state index contributed by atoms with van der Waals surface area (Å²) in [4.78, 5) is 42.3. The van der Waals surface area contributed by atoms with Gasteiger partial charge in [0.15, 0.2) is 5.76 Å². The Morgan fingerprint density at radius 1 is 1.10 bits per heavy atom. The minimum Gasteiger partial charge on any atom is -0.490 e. The van der Waals surface area contributed by atoms with Crippen LogP contribution in [0, 0.1) is 19.8 Å². The van der Waals surface area contributed by atoms with Crippen molar-refractivity contribution in [3.8, 4) is 5.75 Å². The second-order valence-corrected chi connectivity index (χ2v) is 13.0. The Kier molecular flexibility index (Phi) is 13.2. The Morgan fingerprint density at radius 2 is 1.84 bits per heavy atom. The number of aromatic nitrogens is 1. The van der Waals surface area contributed by atoms with E-state index in [1.54, 1.807) is 56.0 Å². The van der Waals surface area contributed by atoms with Gasteiger partial charge in [-0.1, -0.05) is 24.2 Å². The number of rotatable bonds is 9. The predicted octanol–water partition coefficient (Wildman–Crippen LogP) is 5.56. The molecule has 0 bridgehead atoms. The number of ether oxygens (including phenoxy) is 2. The summed E-state index contributed by atoms with van der Waals surface area (Å²) >= 11 is 0. The standard InChI is InChI=1S/C36H49N5O8/c1-22-18-41(23(2)21-42)34(43)30-17-29(37-36(46)38-33-25(4)39-49-26(33)5)14-15-31(30)48-24(3)9-7-8-16-47-32(22)20-40(6)19-27-10-12-28(13-11-27)35(44)45/h10-15,17,22-24,32,42H,7-9,16,18-21H2,1-6H3,(H,44,45)(H2,37,38,46)/t22-,23+,24-,32+/m0/s1. The SMILES string of the molecule is Cc1noc(C)c1NC(=O)Nc1ccc2c(c1)C(=O)N([C@H](C)CO)C[C@H](C)[C@@H](CN(C)Cc1ccc(C(=O)O)cc1)OCCCC[C@H](C)O2. The predicted molar refractivity (Wildman–Crippen MR) is 185 cm³/mol. The Morgan fingerprint density at radius 3 is 2.49 bits per heavy atom. The number of nitrogens with zero attached hydrogens (tertiary/aromatic N) is 3. The van der Waals surface area contributed by atoms with Gasteiger partial charge in [-0.25, -0.2) is 9.59 Å². The molecule has 0 radical (unpaired) electrons. The number of aryl methyl sites for hydroxylation is 2. The fourth-order valence-corrected chi connectivity index (χ4v) is 5.84. The number of aliphatic hydroxyl groups is 1. The van der Waals surface area contributed by atoms with Gasteiger partial charge in [0, 0.05) is 37.8 Å². The van der Waals surface area contributed by atoms with Gasteiger partial charge >= 0.3 is 12.0 Å². The number of carbonyl (C=O) groups excluding carboxylic acids is 2. The quantitative estimate of drug-likeness (QED) is 0.225. The fraction of sp³-hybridized carbons (Fsp3) is 0.500. The van der Waals surface area contributed by atoms with Crippen molar-refractivity contribution in [2.45, 2.75) is 78.7 Å². The molecule has 4 atom stereocenters. The number of urea groups is 1. The van der Waals surface area contributed by atoms with Gasteiger partial charge in [0.1, 0.15) is 17.1 Å². The lowest BCUT2D eigenvalue weighted by molar-refractivity contribution is -0.0177. The minimum atomic E-state index is -0.965. The second-order valence-electron chi connectivity index (χ2n) is 13.0. The Hall–Kier alpha value is -4.46. The first-order valence-electron chi connectivity index (χ1n) is 16.7. The van der Waals surface area contributed by atoms with Gasteiger partial charge in [0.05, 0.1) is 36.0 Å². The lowest BCUT2D eigenvalue weighted by Crippen LogP contribution is -2.47. The smallest absolute Gasteiger partial charge is 0.335 e. The molecule has 0 spiro atoms. The van der Waals surface area contributed by atoms with Crippen LogP contribution < -0.4 is 15.4 Å². The van der Waals surface area contributed by atoms with E-state index in [1.165, 1.54) is 0 Å². The maximum absolute atomic E-state index is 14.4. The molecule has 2 heterocycles. The molecular formula is C36H49N5O8. The molecule has 13 heteroatoms. The third-order valence-electron chi connectivity index (χ3n) is 8.73. The van der Waals surface area contributed by atoms with Crippen LogP contribution in [0.5, 0.6) is 5.75 Å². The van der Waals surface area contributed by atoms with E-state index in [1.807, 2.05) is 33.0 Å². The molecule has 3 aromatic rings. The van der Waals surface area contributed by atoms with Gasteiger partial charge in [-0.3, -0.25) is 9.69 Å². The highest BCUT2D eigenvalue weighted by Crippen LogP contribution is 2.29. The number of carboxylic acids is 1. The first-order chi connectivity index (χ1) is 23.4. The summed E-state index contributed by atoms with van der Waals surface area (Å²) in [5, 5.41) is 28.9. The number of anilines is 2. The van der Waals surface area contributed by atoms with E-state index in [4.69, 9.17) is 14.0 Å². The van der Waals surface area contributed by atoms with Crippen LogP contribution in [0.2, 0.25) is 0 Å². The topological polar surface area (TPSA) is 167 Å². The molecule has 266 valence electrons. The number of aromatic carboxylic acids is 1. The van der Waals surface area contributed by atoms with Crippen LogP contribution in [0.4, 0.5) is 16.2 Å². The van der Waals surface area contributed by atoms with Crippen LogP contribution in [0.25, 0.3) is 0 Å². The molecule has 0 saturated carbocycles. The molecule has 13 nitrogen and oxygen atoms in total. The van der Waals surface area contributed by atoms with E-state index >= 15 is 0 Å². The summed E-state index contributed by atoms with van der Waals surface area (Å²) in [7, 11) is 1.98. The number of likely N-dealkylation sites (N-methyl/N-ethyl adjacent to an activating group) is 1. The van der Waals surface area contributed by atoms with E-state index in [2.05, 4.69) is 20.7 Å². The third-order valence-corrected chi connectivity index (χ3v) is 8.73. The lowest BCUT2D eigenvalue weighted by atomic mass is 10.0. The molecule has 4 rings (SSSR count). The van der Waals surface area contributed by atoms with Crippen LogP contribution in [0.3, 0.4) is 0 Å². The van der Waals surface area contributed by atoms with Crippen molar-refractivity contribution in [1.82, 2.24) is 15.0 Å². The Balaban J connectivity index is 1.58. The van der Waals surface area contributed by atoms with E-state index in [9.17, 15) is 24.6 Å². The maximum Gasteiger partial charge on any atom is 0.335 e. The number of hydrogen-bond donors (Lipinski definition) is 4. The highest BCUT2D eigenvalue weighted by Gasteiger charge is 2.30. The number of amides is 3. The Labute approximate surface area is 287 Å². The zero-order chi connectivity index (χ0) is 35.7. The summed E-state index contributed by atoms with van der Waals surface area (Å²) in [6.45, 7) is 11.0. The van der Waals surface area contributed by atoms with Crippen LogP contribution in [-0.2, 0) is 11.3 Å². The van der Waals surface area contributed by atoms with Gasteiger partial charge in [0.25, 0.3) is 5.91 Å². The molecule has 0 fully saturated rings. The van der Waals surface area contributed by atoms with Gasteiger partial charge < -0.3 is 39.7 Å². The summed E-state index contributed by atoms with van der Waals surface area (Å²) < 4.78 is 17.9. The highest BCUT2D eigenvalue weighted by atomic mass is 16.5. The van der Waals surface area contributed by atoms with Crippen molar-refractivity contribution in [3.63, 3.8) is 0 Å². The molecule has 1 aromatic heterocycles. The number of fused-ring (bicyclic) bond motifs is 1. The van der Waals surface area contributed by atoms with Crippen LogP contribution in [0.15, 0.2) is 47.0 Å². The van der Waals surface area contributed by atoms with Crippen molar-refractivity contribution in [2.75, 3.05) is 44.0 Å². The third kappa shape index (κ3) is 10.3. The molecule has 0 saturated heterocycles. The van der Waals surface area contributed by atoms with Crippen LogP contribution in [0.1, 0.15) is 77.8 Å². The van der Waals surface area contributed by atoms with E-state index in [0.29, 0.717) is 54.8 Å². The molecule has 4 N–H and O–H groups in total. The van der Waals surface area contributed by atoms with Crippen LogP contribution >= 0.6 is 0 Å². The van der Waals surface area contributed by atoms with Crippen molar-refractivity contribution in [3.05, 3.63) is 70.6 Å². The van der Waals surface area contributed by atoms with Gasteiger partial charge in [-0.2, -0.15) is 0 Å². The average Bonchev–Trinajstić information content (AvgIpc) is 3.38. The number of carboxylic acid groups (broad SMARTS) is 1. The fourth-order valence-electron chi connectivity index (χ4n) is 5.84. The largest absolute Gasteiger partial charge is 0.490 e. The van der Waals surface area contributed by atoms with Crippen molar-refractivity contribution in [2.24, 2.45) is 5.92 Å². The summed E-state index contributed by atoms with van der Waals surface area (Å²) in [5.74, 6) is -0.556. The lowest BCUT2D eigenvalue weighted by Gasteiger charge is -2.36. The van der Waals surface area contributed by atoms with Crippen molar-refractivity contribution in [1.29, 1.82) is 0 Å². The highest BCUT2D eigenvalue weighted by molar-refractivity contribution is 6.03. The molecule has 3 amide bonds. The van der Waals surface area contributed by atoms with Gasteiger partial charge in [-0.05, 0) is 89.9 Å². The number of nitrogens with one attached hydrogen (secondary N) is 2. The first-order valence-corrected chi connectivity index (χ1v) is 16.7. The summed E-state index contributed by atoms with van der Waals surface area (Å²) in [5.41, 5.74) is 2.88. The number of aliphatic hydroxyl groups excluding tert-OH is 1. The normalized spacial score (nSPS) is 19.8. The summed E-state index contributed by atoms with van der Waals surface area (Å²) in [6.07, 6.45) is 2.03. The van der Waals surface area contributed by atoms with E-state index in [0.717, 1.165) is 24.8 Å². The molecule has 2 aromatic carbocycles. The zero-order valence-corrected chi connectivity index (χ0v) is 29.2. The van der Waals surface area contributed by atoms with Crippen molar-refractivity contribution < 1.29 is 38.6 Å². The molecule has 1 aliphatic heterocycles. The number of benzene rings is 2. The monoisotopic (exact) mass is 679 g/mol. The number of carbonyl (C=O) groups is 3. The number of hydrogen-bond acceptors (Lipinski definition) is 9. The van der Waals surface area contributed by atoms with Gasteiger partial charge in [0.2, 0.25) is 0 Å². The average molecular weight is 680 g/mol. The molecule has 1 aliphatic rings. The molecule has 49 heavy (non-hydrogen) atoms. The first kappa shape index (κ1) is 37.4. The summed E-state index contributed by atoms with van der Waals surface area (Å²) in [6, 6.07) is 10.8. The Bertz CT molecular complexity index is 1560. The minimum absolute atomic E-state index is 0.122. The van der Waals surface area contributed by atoms with Gasteiger partial charge in [-0.15, -0.1) is 0 Å². The maximum atomic E-state index is 14.4. The molecule has 0 aliphatic carbocycles. The van der Waals surface area contributed by atoms with Crippen molar-refractivity contribution >= 4 is 29.3 Å². The van der Waals surface area contributed by atoms with E-state index < -0.39 is 18.0 Å². The zero-order valence-electron chi connectivity index (χ0n) is 29.2. The van der Waals surface area contributed by atoms with E-state index in [-0.39, 0.29) is 41.8 Å². The van der Waals surface area contributed by atoms with Crippen LogP contribution in [-0.4, -0.2) is 94.7 Å². The molecule has 0 unspecified atom stereocenters.